The summed E-state index contributed by atoms with van der Waals surface area (Å²) in [4.78, 5) is 31.2. The van der Waals surface area contributed by atoms with Crippen molar-refractivity contribution >= 4 is 23.7 Å². The zero-order chi connectivity index (χ0) is 19.7. The van der Waals surface area contributed by atoms with E-state index in [0.717, 1.165) is 5.69 Å². The highest BCUT2D eigenvalue weighted by Crippen LogP contribution is 2.28. The van der Waals surface area contributed by atoms with Crippen LogP contribution in [-0.2, 0) is 0 Å². The first kappa shape index (κ1) is 17.6. The maximum absolute atomic E-state index is 11.1. The van der Waals surface area contributed by atoms with Crippen molar-refractivity contribution in [3.63, 3.8) is 0 Å². The summed E-state index contributed by atoms with van der Waals surface area (Å²) in [6.07, 6.45) is -0.337. The van der Waals surface area contributed by atoms with E-state index in [1.54, 1.807) is 4.90 Å². The van der Waals surface area contributed by atoms with E-state index in [1.165, 1.54) is 4.90 Å². The second kappa shape index (κ2) is 7.10. The van der Waals surface area contributed by atoms with Gasteiger partial charge in [-0.15, -0.1) is 0 Å². The van der Waals surface area contributed by atoms with Crippen LogP contribution in [0.5, 0.6) is 0 Å². The SMILES string of the molecule is CN(c1ccccc1)c1nc(N)nc(-c2noc(C3CCN(C(=O)O)C3)n2)n1. The van der Waals surface area contributed by atoms with Crippen LogP contribution in [0.2, 0.25) is 0 Å². The molecule has 1 aromatic carbocycles. The molecule has 0 aliphatic carbocycles. The van der Waals surface area contributed by atoms with Crippen LogP contribution in [-0.4, -0.2) is 61.3 Å². The number of para-hydroxylation sites is 1. The van der Waals surface area contributed by atoms with Gasteiger partial charge in [-0.3, -0.25) is 0 Å². The number of benzene rings is 1. The fourth-order valence-corrected chi connectivity index (χ4v) is 3.03. The van der Waals surface area contributed by atoms with Crippen LogP contribution < -0.4 is 10.6 Å². The summed E-state index contributed by atoms with van der Waals surface area (Å²) in [5.41, 5.74) is 6.73. The van der Waals surface area contributed by atoms with Gasteiger partial charge in [0.1, 0.15) is 0 Å². The average Bonchev–Trinajstić information content (AvgIpc) is 3.37. The van der Waals surface area contributed by atoms with Gasteiger partial charge in [0.15, 0.2) is 0 Å². The number of nitrogen functional groups attached to an aromatic ring is 1. The molecule has 3 aromatic rings. The van der Waals surface area contributed by atoms with E-state index >= 15 is 0 Å². The summed E-state index contributed by atoms with van der Waals surface area (Å²) < 4.78 is 5.32. The predicted octanol–water partition coefficient (Wildman–Crippen LogP) is 1.74. The largest absolute Gasteiger partial charge is 0.465 e. The van der Waals surface area contributed by atoms with Crippen LogP contribution in [0.3, 0.4) is 0 Å². The van der Waals surface area contributed by atoms with E-state index in [4.69, 9.17) is 15.4 Å². The lowest BCUT2D eigenvalue weighted by molar-refractivity contribution is 0.154. The van der Waals surface area contributed by atoms with Crippen LogP contribution in [0, 0.1) is 0 Å². The highest BCUT2D eigenvalue weighted by Gasteiger charge is 2.31. The molecule has 11 heteroatoms. The van der Waals surface area contributed by atoms with E-state index < -0.39 is 6.09 Å². The second-order valence-electron chi connectivity index (χ2n) is 6.38. The summed E-state index contributed by atoms with van der Waals surface area (Å²) in [6, 6.07) is 9.57. The van der Waals surface area contributed by atoms with Gasteiger partial charge in [-0.2, -0.15) is 19.9 Å². The molecule has 2 aromatic heterocycles. The van der Waals surface area contributed by atoms with Gasteiger partial charge in [-0.25, -0.2) is 4.79 Å². The number of hydrogen-bond donors (Lipinski definition) is 2. The number of aromatic nitrogens is 5. The van der Waals surface area contributed by atoms with Crippen molar-refractivity contribution in [2.75, 3.05) is 30.8 Å². The zero-order valence-electron chi connectivity index (χ0n) is 15.1. The van der Waals surface area contributed by atoms with Crippen LogP contribution in [0.25, 0.3) is 11.6 Å². The Kier molecular flexibility index (Phi) is 4.47. The fourth-order valence-electron chi connectivity index (χ4n) is 3.03. The topological polar surface area (TPSA) is 147 Å². The van der Waals surface area contributed by atoms with Crippen molar-refractivity contribution in [1.29, 1.82) is 0 Å². The fraction of sp³-hybridized carbons (Fsp3) is 0.294. The number of nitrogens with zero attached hydrogens (tertiary/aromatic N) is 7. The molecule has 3 heterocycles. The van der Waals surface area contributed by atoms with Gasteiger partial charge in [0.05, 0.1) is 5.92 Å². The molecule has 3 N–H and O–H groups in total. The molecule has 1 atom stereocenters. The molecule has 1 unspecified atom stereocenters. The Morgan fingerprint density at radius 1 is 1.21 bits per heavy atom. The van der Waals surface area contributed by atoms with Crippen LogP contribution >= 0.6 is 0 Å². The van der Waals surface area contributed by atoms with Crippen molar-refractivity contribution in [1.82, 2.24) is 30.0 Å². The first-order valence-corrected chi connectivity index (χ1v) is 8.63. The standard InChI is InChI=1S/C17H18N8O3/c1-24(11-5-3-2-4-6-11)16-21-12(20-15(18)22-16)13-19-14(28-23-13)10-7-8-25(9-10)17(26)27/h2-6,10H,7-9H2,1H3,(H,26,27)(H2,18,20,21,22). The first-order chi connectivity index (χ1) is 13.5. The third kappa shape index (κ3) is 3.41. The summed E-state index contributed by atoms with van der Waals surface area (Å²) in [5.74, 6) is 0.956. The number of anilines is 3. The molecule has 1 fully saturated rings. The second-order valence-corrected chi connectivity index (χ2v) is 6.38. The Morgan fingerprint density at radius 3 is 2.71 bits per heavy atom. The van der Waals surface area contributed by atoms with Crippen molar-refractivity contribution in [2.24, 2.45) is 0 Å². The number of carbonyl (C=O) groups is 1. The molecule has 0 spiro atoms. The molecule has 0 saturated carbocycles. The van der Waals surface area contributed by atoms with Gasteiger partial charge >= 0.3 is 6.09 Å². The smallest absolute Gasteiger partial charge is 0.407 e. The highest BCUT2D eigenvalue weighted by atomic mass is 16.5. The number of amides is 1. The van der Waals surface area contributed by atoms with Gasteiger partial charge in [0.25, 0.3) is 0 Å². The lowest BCUT2D eigenvalue weighted by atomic mass is 10.1. The minimum atomic E-state index is -0.957. The van der Waals surface area contributed by atoms with E-state index in [1.807, 2.05) is 37.4 Å². The van der Waals surface area contributed by atoms with Gasteiger partial charge in [0.2, 0.25) is 29.4 Å². The van der Waals surface area contributed by atoms with E-state index in [0.29, 0.717) is 31.3 Å². The molecule has 1 amide bonds. The van der Waals surface area contributed by atoms with Crippen molar-refractivity contribution in [3.8, 4) is 11.6 Å². The highest BCUT2D eigenvalue weighted by molar-refractivity contribution is 5.65. The predicted molar refractivity (Wildman–Crippen MR) is 99.0 cm³/mol. The molecular formula is C17H18N8O3. The van der Waals surface area contributed by atoms with Crippen LogP contribution in [0.1, 0.15) is 18.2 Å². The maximum atomic E-state index is 11.1. The molecule has 0 bridgehead atoms. The molecular weight excluding hydrogens is 364 g/mol. The molecule has 1 aliphatic heterocycles. The van der Waals surface area contributed by atoms with E-state index in [-0.39, 0.29) is 23.5 Å². The number of rotatable bonds is 4. The Hall–Kier alpha value is -3.76. The number of nitrogens with two attached hydrogens (primary N) is 1. The molecule has 1 saturated heterocycles. The van der Waals surface area contributed by atoms with Gasteiger partial charge in [-0.1, -0.05) is 23.4 Å². The van der Waals surface area contributed by atoms with Gasteiger partial charge in [0, 0.05) is 25.8 Å². The Morgan fingerprint density at radius 2 is 2.00 bits per heavy atom. The number of carboxylic acid groups (broad SMARTS) is 1. The van der Waals surface area contributed by atoms with Crippen molar-refractivity contribution in [3.05, 3.63) is 36.2 Å². The third-order valence-electron chi connectivity index (χ3n) is 4.53. The summed E-state index contributed by atoms with van der Waals surface area (Å²) in [7, 11) is 1.81. The van der Waals surface area contributed by atoms with Crippen LogP contribution in [0.4, 0.5) is 22.4 Å². The lowest BCUT2D eigenvalue weighted by Gasteiger charge is -2.17. The van der Waals surface area contributed by atoms with E-state index in [9.17, 15) is 4.79 Å². The Balaban J connectivity index is 1.59. The first-order valence-electron chi connectivity index (χ1n) is 8.63. The van der Waals surface area contributed by atoms with Crippen molar-refractivity contribution < 1.29 is 14.4 Å². The lowest BCUT2D eigenvalue weighted by Crippen LogP contribution is -2.26. The summed E-state index contributed by atoms with van der Waals surface area (Å²) in [5, 5.41) is 13.0. The summed E-state index contributed by atoms with van der Waals surface area (Å²) in [6.45, 7) is 0.751. The number of likely N-dealkylation sites (tertiary alicyclic amines) is 1. The molecule has 144 valence electrons. The van der Waals surface area contributed by atoms with Gasteiger partial charge in [-0.05, 0) is 18.6 Å². The minimum Gasteiger partial charge on any atom is -0.465 e. The minimum absolute atomic E-state index is 0.0343. The maximum Gasteiger partial charge on any atom is 0.407 e. The zero-order valence-corrected chi connectivity index (χ0v) is 15.1. The quantitative estimate of drug-likeness (QED) is 0.683. The Bertz CT molecular complexity index is 993. The normalized spacial score (nSPS) is 16.3. The Labute approximate surface area is 159 Å². The van der Waals surface area contributed by atoms with Crippen molar-refractivity contribution in [2.45, 2.75) is 12.3 Å². The monoisotopic (exact) mass is 382 g/mol. The molecule has 28 heavy (non-hydrogen) atoms. The molecule has 0 radical (unpaired) electrons. The summed E-state index contributed by atoms with van der Waals surface area (Å²) >= 11 is 0. The third-order valence-corrected chi connectivity index (χ3v) is 4.53. The average molecular weight is 382 g/mol. The van der Waals surface area contributed by atoms with E-state index in [2.05, 4.69) is 25.1 Å². The molecule has 4 rings (SSSR count). The van der Waals surface area contributed by atoms with Crippen LogP contribution in [0.15, 0.2) is 34.9 Å². The number of hydrogen-bond acceptors (Lipinski definition) is 9. The van der Waals surface area contributed by atoms with Gasteiger partial charge < -0.3 is 25.2 Å². The molecule has 11 nitrogen and oxygen atoms in total. The molecule has 1 aliphatic rings.